The zero-order valence-electron chi connectivity index (χ0n) is 25.2. The molecule has 1 aromatic heterocycles. The molecule has 1 saturated carbocycles. The van der Waals surface area contributed by atoms with Crippen molar-refractivity contribution in [3.8, 4) is 0 Å². The molecule has 4 N–H and O–H groups in total. The number of nitrogens with two attached hydrogens (primary N) is 1. The Morgan fingerprint density at radius 1 is 0.979 bits per heavy atom. The molecule has 1 aliphatic carbocycles. The summed E-state index contributed by atoms with van der Waals surface area (Å²) in [4.78, 5) is 12.0. The van der Waals surface area contributed by atoms with E-state index in [4.69, 9.17) is 5.73 Å². The number of nitrogens with zero attached hydrogens (tertiary/aromatic N) is 4. The van der Waals surface area contributed by atoms with Crippen molar-refractivity contribution >= 4 is 18.1 Å². The fourth-order valence-electron chi connectivity index (χ4n) is 5.21. The maximum atomic E-state index is 13.7. The second-order valence-corrected chi connectivity index (χ2v) is 11.5. The van der Waals surface area contributed by atoms with E-state index >= 15 is 0 Å². The molecule has 2 aromatic carbocycles. The SMILES string of the molecule is CC(C)OC=O.NCC[n+]1nc(N(Cc2cc(C(F)(F)F)cc(C(F)(F)F)c2)C2CC(C3CC3)Nc3ccc(C(F)(F)F)cc32)n[nH]1. The molecule has 0 saturated heterocycles. The van der Waals surface area contributed by atoms with Crippen molar-refractivity contribution in [2.24, 2.45) is 11.7 Å². The number of halogens is 9. The Morgan fingerprint density at radius 2 is 1.60 bits per heavy atom. The highest BCUT2D eigenvalue weighted by Crippen LogP contribution is 2.47. The molecule has 9 nitrogen and oxygen atoms in total. The van der Waals surface area contributed by atoms with Crippen LogP contribution in [0.1, 0.15) is 67.0 Å². The Morgan fingerprint density at radius 3 is 2.09 bits per heavy atom. The number of hydrogen-bond donors (Lipinski definition) is 3. The molecule has 0 bridgehead atoms. The zero-order chi connectivity index (χ0) is 34.7. The number of carbonyl (C=O) groups excluding carboxylic acids is 1. The number of alkyl halides is 9. The average molecular weight is 683 g/mol. The third-order valence-corrected chi connectivity index (χ3v) is 7.52. The molecule has 258 valence electrons. The molecular formula is C29H33F9N7O2+. The predicted octanol–water partition coefficient (Wildman–Crippen LogP) is 6.02. The monoisotopic (exact) mass is 682 g/mol. The number of tetrazole rings is 1. The number of carbonyl (C=O) groups is 1. The Hall–Kier alpha value is -4.09. The minimum absolute atomic E-state index is 0.0222. The lowest BCUT2D eigenvalue weighted by molar-refractivity contribution is -0.802. The fourth-order valence-corrected chi connectivity index (χ4v) is 5.21. The first-order chi connectivity index (χ1) is 21.9. The van der Waals surface area contributed by atoms with Crippen LogP contribution in [0.2, 0.25) is 0 Å². The molecule has 3 aromatic rings. The zero-order valence-corrected chi connectivity index (χ0v) is 25.2. The van der Waals surface area contributed by atoms with Gasteiger partial charge < -0.3 is 20.7 Å². The number of benzene rings is 2. The molecule has 47 heavy (non-hydrogen) atoms. The first-order valence-electron chi connectivity index (χ1n) is 14.5. The normalized spacial score (nSPS) is 18.1. The lowest BCUT2D eigenvalue weighted by atomic mass is 9.88. The van der Waals surface area contributed by atoms with Crippen molar-refractivity contribution in [1.29, 1.82) is 0 Å². The number of nitrogens with one attached hydrogen (secondary N) is 2. The minimum Gasteiger partial charge on any atom is -0.465 e. The van der Waals surface area contributed by atoms with Gasteiger partial charge in [-0.15, -0.1) is 0 Å². The van der Waals surface area contributed by atoms with Crippen LogP contribution < -0.4 is 20.7 Å². The van der Waals surface area contributed by atoms with Crippen molar-refractivity contribution in [2.45, 2.75) is 82.9 Å². The van der Waals surface area contributed by atoms with E-state index in [1.807, 2.05) is 0 Å². The van der Waals surface area contributed by atoms with Gasteiger partial charge >= 0.3 is 24.5 Å². The Kier molecular flexibility index (Phi) is 10.6. The van der Waals surface area contributed by atoms with E-state index in [1.54, 1.807) is 13.8 Å². The lowest BCUT2D eigenvalue weighted by Crippen LogP contribution is -2.43. The van der Waals surface area contributed by atoms with E-state index < -0.39 is 47.8 Å². The fraction of sp³-hybridized carbons (Fsp3) is 0.517. The van der Waals surface area contributed by atoms with Crippen LogP contribution in [0.3, 0.4) is 0 Å². The summed E-state index contributed by atoms with van der Waals surface area (Å²) < 4.78 is 127. The molecule has 2 aliphatic rings. The van der Waals surface area contributed by atoms with Crippen LogP contribution in [0.5, 0.6) is 0 Å². The molecule has 2 unspecified atom stereocenters. The topological polar surface area (TPSA) is 113 Å². The predicted molar refractivity (Wildman–Crippen MR) is 149 cm³/mol. The first kappa shape index (κ1) is 35.8. The summed E-state index contributed by atoms with van der Waals surface area (Å²) in [7, 11) is 0. The van der Waals surface area contributed by atoms with Crippen LogP contribution in [-0.2, 0) is 41.1 Å². The highest BCUT2D eigenvalue weighted by atomic mass is 19.4. The van der Waals surface area contributed by atoms with Gasteiger partial charge in [0.25, 0.3) is 6.47 Å². The number of anilines is 2. The maximum Gasteiger partial charge on any atom is 0.416 e. The van der Waals surface area contributed by atoms with E-state index in [0.717, 1.165) is 25.0 Å². The number of fused-ring (bicyclic) bond motifs is 1. The van der Waals surface area contributed by atoms with Crippen LogP contribution in [0.4, 0.5) is 51.1 Å². The van der Waals surface area contributed by atoms with Gasteiger partial charge in [0.2, 0.25) is 0 Å². The smallest absolute Gasteiger partial charge is 0.416 e. The maximum absolute atomic E-state index is 13.7. The number of rotatable bonds is 9. The van der Waals surface area contributed by atoms with Gasteiger partial charge in [0.05, 0.1) is 33.9 Å². The highest BCUT2D eigenvalue weighted by Gasteiger charge is 2.43. The Labute approximate surface area is 263 Å². The second-order valence-electron chi connectivity index (χ2n) is 11.5. The largest absolute Gasteiger partial charge is 0.465 e. The quantitative estimate of drug-likeness (QED) is 0.144. The van der Waals surface area contributed by atoms with Crippen LogP contribution in [-0.4, -0.2) is 40.6 Å². The summed E-state index contributed by atoms with van der Waals surface area (Å²) in [5, 5.41) is 14.2. The standard InChI is InChI=1S/C25H24F9N7.C4H8O2/c26-23(27,28)15-3-4-19-18(10-15)21(11-20(36-19)14-1-2-14)40(22-37-39-41(38-22)6-5-35)12-13-7-16(24(29,30)31)9-17(8-13)25(32,33)34;1-4(2)6-3-5/h3-4,7-10,14,20-21,36H,1-2,5-6,11-12,35H2;3-4H,1-2H3/p+1. The Bertz CT molecular complexity index is 1490. The molecule has 5 rings (SSSR count). The third kappa shape index (κ3) is 9.26. The molecule has 1 aliphatic heterocycles. The number of H-pyrrole nitrogens is 1. The number of aromatic nitrogens is 4. The number of ether oxygens (including phenoxy) is 1. The molecular weight excluding hydrogens is 649 g/mol. The number of aromatic amines is 1. The van der Waals surface area contributed by atoms with E-state index in [0.29, 0.717) is 24.3 Å². The van der Waals surface area contributed by atoms with Crippen molar-refractivity contribution in [3.63, 3.8) is 0 Å². The Balaban J connectivity index is 0.000000762. The second kappa shape index (κ2) is 13.9. The molecule has 2 atom stereocenters. The molecule has 0 amide bonds. The van der Waals surface area contributed by atoms with Crippen LogP contribution in [0.25, 0.3) is 0 Å². The van der Waals surface area contributed by atoms with Crippen molar-refractivity contribution in [3.05, 3.63) is 64.2 Å². The summed E-state index contributed by atoms with van der Waals surface area (Å²) in [5.41, 5.74) is 1.81. The summed E-state index contributed by atoms with van der Waals surface area (Å²) in [5.74, 6) is 0.101. The summed E-state index contributed by atoms with van der Waals surface area (Å²) in [6.45, 7) is 3.80. The van der Waals surface area contributed by atoms with Gasteiger partial charge in [-0.1, -0.05) is 4.80 Å². The van der Waals surface area contributed by atoms with E-state index in [9.17, 15) is 44.3 Å². The average Bonchev–Trinajstić information content (AvgIpc) is 3.72. The van der Waals surface area contributed by atoms with E-state index in [2.05, 4.69) is 25.5 Å². The van der Waals surface area contributed by atoms with Gasteiger partial charge in [0, 0.05) is 29.9 Å². The van der Waals surface area contributed by atoms with Gasteiger partial charge in [0.1, 0.15) is 6.54 Å². The molecule has 18 heteroatoms. The molecule has 2 heterocycles. The van der Waals surface area contributed by atoms with Crippen LogP contribution in [0.15, 0.2) is 36.4 Å². The lowest BCUT2D eigenvalue weighted by Gasteiger charge is -2.39. The van der Waals surface area contributed by atoms with Gasteiger partial charge in [0.15, 0.2) is 0 Å². The molecule has 0 radical (unpaired) electrons. The van der Waals surface area contributed by atoms with Gasteiger partial charge in [-0.05, 0) is 91.8 Å². The summed E-state index contributed by atoms with van der Waals surface area (Å²) in [6, 6.07) is 3.26. The first-order valence-corrected chi connectivity index (χ1v) is 14.5. The molecule has 1 fully saturated rings. The highest BCUT2D eigenvalue weighted by molar-refractivity contribution is 5.60. The van der Waals surface area contributed by atoms with Crippen molar-refractivity contribution in [2.75, 3.05) is 16.8 Å². The van der Waals surface area contributed by atoms with E-state index in [-0.39, 0.29) is 60.7 Å². The summed E-state index contributed by atoms with van der Waals surface area (Å²) in [6.07, 6.45) is -12.8. The molecule has 0 spiro atoms. The number of hydrogen-bond acceptors (Lipinski definition) is 7. The summed E-state index contributed by atoms with van der Waals surface area (Å²) >= 11 is 0. The van der Waals surface area contributed by atoms with Gasteiger partial charge in [-0.3, -0.25) is 4.79 Å². The third-order valence-electron chi connectivity index (χ3n) is 7.52. The van der Waals surface area contributed by atoms with Crippen LogP contribution in [0, 0.1) is 5.92 Å². The van der Waals surface area contributed by atoms with E-state index in [1.165, 1.54) is 15.8 Å². The van der Waals surface area contributed by atoms with Crippen LogP contribution >= 0.6 is 0 Å². The van der Waals surface area contributed by atoms with Gasteiger partial charge in [-0.2, -0.15) is 39.5 Å². The van der Waals surface area contributed by atoms with Gasteiger partial charge in [-0.25, -0.2) is 0 Å². The van der Waals surface area contributed by atoms with Crippen molar-refractivity contribution < 1.29 is 53.8 Å². The minimum atomic E-state index is -5.07. The van der Waals surface area contributed by atoms with Crippen molar-refractivity contribution in [1.82, 2.24) is 15.4 Å².